The van der Waals surface area contributed by atoms with E-state index in [1.54, 1.807) is 12.1 Å². The van der Waals surface area contributed by atoms with Crippen LogP contribution in [0, 0.1) is 0 Å². The van der Waals surface area contributed by atoms with E-state index < -0.39 is 10.0 Å². The molecule has 128 valence electrons. The molecule has 5 nitrogen and oxygen atoms in total. The number of halogens is 1. The summed E-state index contributed by atoms with van der Waals surface area (Å²) in [6.45, 7) is 0. The topological polar surface area (TPSA) is 66.5 Å². The van der Waals surface area contributed by atoms with Gasteiger partial charge < -0.3 is 5.32 Å². The Kier molecular flexibility index (Phi) is 6.15. The number of hydrogen-bond donors (Lipinski definition) is 1. The van der Waals surface area contributed by atoms with Gasteiger partial charge in [0, 0.05) is 30.7 Å². The molecule has 0 radical (unpaired) electrons. The number of sulfonamides is 1. The Morgan fingerprint density at radius 3 is 2.50 bits per heavy atom. The molecular weight excluding hydrogens is 392 g/mol. The Hall–Kier alpha value is -1.70. The van der Waals surface area contributed by atoms with Gasteiger partial charge in [-0.15, -0.1) is 0 Å². The molecule has 24 heavy (non-hydrogen) atoms. The van der Waals surface area contributed by atoms with Gasteiger partial charge in [-0.25, -0.2) is 12.7 Å². The molecule has 0 aromatic heterocycles. The highest BCUT2D eigenvalue weighted by molar-refractivity contribution is 9.10. The summed E-state index contributed by atoms with van der Waals surface area (Å²) in [5, 5.41) is 2.74. The molecule has 0 aliphatic rings. The Labute approximate surface area is 150 Å². The van der Waals surface area contributed by atoms with Gasteiger partial charge in [0.15, 0.2) is 0 Å². The van der Waals surface area contributed by atoms with Crippen LogP contribution in [0.1, 0.15) is 12.0 Å². The second kappa shape index (κ2) is 7.92. The van der Waals surface area contributed by atoms with Crippen LogP contribution in [0.3, 0.4) is 0 Å². The van der Waals surface area contributed by atoms with E-state index in [2.05, 4.69) is 21.2 Å². The van der Waals surface area contributed by atoms with Gasteiger partial charge in [0.2, 0.25) is 15.9 Å². The van der Waals surface area contributed by atoms with Crippen molar-refractivity contribution in [2.45, 2.75) is 17.7 Å². The lowest BCUT2D eigenvalue weighted by Crippen LogP contribution is -2.22. The van der Waals surface area contributed by atoms with Crippen molar-refractivity contribution in [3.05, 3.63) is 58.6 Å². The fourth-order valence-electron chi connectivity index (χ4n) is 2.12. The Balaban J connectivity index is 2.02. The molecule has 0 aliphatic carbocycles. The van der Waals surface area contributed by atoms with Crippen LogP contribution in [0.4, 0.5) is 5.69 Å². The fourth-order valence-corrected chi connectivity index (χ4v) is 3.51. The van der Waals surface area contributed by atoms with E-state index >= 15 is 0 Å². The molecule has 7 heteroatoms. The van der Waals surface area contributed by atoms with Crippen molar-refractivity contribution >= 4 is 37.5 Å². The van der Waals surface area contributed by atoms with Gasteiger partial charge in [0.05, 0.1) is 4.90 Å². The maximum atomic E-state index is 12.1. The third-order valence-electron chi connectivity index (χ3n) is 3.43. The van der Waals surface area contributed by atoms with Gasteiger partial charge in [-0.05, 0) is 42.3 Å². The number of carbonyl (C=O) groups is 1. The first-order valence-electron chi connectivity index (χ1n) is 7.36. The highest BCUT2D eigenvalue weighted by atomic mass is 79.9. The lowest BCUT2D eigenvalue weighted by molar-refractivity contribution is -0.116. The van der Waals surface area contributed by atoms with Gasteiger partial charge in [-0.3, -0.25) is 4.79 Å². The second-order valence-corrected chi connectivity index (χ2v) is 8.56. The normalized spacial score (nSPS) is 11.5. The smallest absolute Gasteiger partial charge is 0.242 e. The quantitative estimate of drug-likeness (QED) is 0.794. The van der Waals surface area contributed by atoms with Crippen molar-refractivity contribution in [1.82, 2.24) is 4.31 Å². The van der Waals surface area contributed by atoms with Crippen molar-refractivity contribution in [2.24, 2.45) is 0 Å². The molecule has 2 aromatic rings. The molecule has 0 spiro atoms. The fraction of sp³-hybridized carbons (Fsp3) is 0.235. The predicted molar refractivity (Wildman–Crippen MR) is 98.4 cm³/mol. The highest BCUT2D eigenvalue weighted by Crippen LogP contribution is 2.18. The van der Waals surface area contributed by atoms with Gasteiger partial charge in [0.25, 0.3) is 0 Å². The first-order valence-corrected chi connectivity index (χ1v) is 9.59. The number of hydrogen-bond acceptors (Lipinski definition) is 3. The average Bonchev–Trinajstić information content (AvgIpc) is 2.53. The summed E-state index contributed by atoms with van der Waals surface area (Å²) in [6, 6.07) is 14.0. The molecule has 2 aromatic carbocycles. The first-order chi connectivity index (χ1) is 11.3. The molecule has 0 saturated carbocycles. The average molecular weight is 411 g/mol. The minimum absolute atomic E-state index is 0.150. The maximum Gasteiger partial charge on any atom is 0.242 e. The van der Waals surface area contributed by atoms with Crippen LogP contribution in [0.2, 0.25) is 0 Å². The third kappa shape index (κ3) is 4.90. The van der Waals surface area contributed by atoms with Crippen molar-refractivity contribution in [3.8, 4) is 0 Å². The highest BCUT2D eigenvalue weighted by Gasteiger charge is 2.17. The van der Waals surface area contributed by atoms with Crippen molar-refractivity contribution in [3.63, 3.8) is 0 Å². The lowest BCUT2D eigenvalue weighted by Gasteiger charge is -2.12. The number of nitrogens with one attached hydrogen (secondary N) is 1. The molecule has 0 bridgehead atoms. The SMILES string of the molecule is CN(C)S(=O)(=O)c1cccc(NC(=O)CCc2cccc(Br)c2)c1. The standard InChI is InChI=1S/C17H19BrN2O3S/c1-20(2)24(22,23)16-8-4-7-15(12-16)19-17(21)10-9-13-5-3-6-14(18)11-13/h3-8,11-12H,9-10H2,1-2H3,(H,19,21). The largest absolute Gasteiger partial charge is 0.326 e. The van der Waals surface area contributed by atoms with E-state index in [-0.39, 0.29) is 10.8 Å². The zero-order chi connectivity index (χ0) is 17.7. The monoisotopic (exact) mass is 410 g/mol. The molecule has 2 rings (SSSR count). The van der Waals surface area contributed by atoms with Crippen molar-refractivity contribution < 1.29 is 13.2 Å². The number of amides is 1. The number of carbonyl (C=O) groups excluding carboxylic acids is 1. The van der Waals surface area contributed by atoms with Crippen molar-refractivity contribution in [2.75, 3.05) is 19.4 Å². The van der Waals surface area contributed by atoms with Crippen LogP contribution in [0.15, 0.2) is 57.9 Å². The van der Waals surface area contributed by atoms with Gasteiger partial charge in [-0.1, -0.05) is 34.1 Å². The Morgan fingerprint density at radius 1 is 1.12 bits per heavy atom. The van der Waals surface area contributed by atoms with E-state index in [0.29, 0.717) is 18.5 Å². The van der Waals surface area contributed by atoms with E-state index in [9.17, 15) is 13.2 Å². The molecule has 0 aliphatic heterocycles. The first kappa shape index (κ1) is 18.6. The number of rotatable bonds is 6. The van der Waals surface area contributed by atoms with Crippen LogP contribution in [0.25, 0.3) is 0 Å². The molecule has 0 heterocycles. The third-order valence-corrected chi connectivity index (χ3v) is 5.73. The second-order valence-electron chi connectivity index (χ2n) is 5.49. The van der Waals surface area contributed by atoms with E-state index in [4.69, 9.17) is 0 Å². The van der Waals surface area contributed by atoms with E-state index in [1.165, 1.54) is 26.2 Å². The number of aryl methyl sites for hydroxylation is 1. The zero-order valence-corrected chi connectivity index (χ0v) is 15.9. The molecule has 0 atom stereocenters. The zero-order valence-electron chi connectivity index (χ0n) is 13.5. The van der Waals surface area contributed by atoms with Crippen LogP contribution < -0.4 is 5.32 Å². The summed E-state index contributed by atoms with van der Waals surface area (Å²) in [4.78, 5) is 12.2. The van der Waals surface area contributed by atoms with Crippen molar-refractivity contribution in [1.29, 1.82) is 0 Å². The van der Waals surface area contributed by atoms with E-state index in [1.807, 2.05) is 24.3 Å². The molecule has 0 saturated heterocycles. The maximum absolute atomic E-state index is 12.1. The predicted octanol–water partition coefficient (Wildman–Crippen LogP) is 3.27. The summed E-state index contributed by atoms with van der Waals surface area (Å²) in [6.07, 6.45) is 0.933. The Bertz CT molecular complexity index is 835. The summed E-state index contributed by atoms with van der Waals surface area (Å²) >= 11 is 3.40. The number of anilines is 1. The number of benzene rings is 2. The minimum Gasteiger partial charge on any atom is -0.326 e. The minimum atomic E-state index is -3.52. The van der Waals surface area contributed by atoms with Crippen LogP contribution in [-0.2, 0) is 21.2 Å². The molecular formula is C17H19BrN2O3S. The van der Waals surface area contributed by atoms with Crippen LogP contribution in [0.5, 0.6) is 0 Å². The van der Waals surface area contributed by atoms with Gasteiger partial charge >= 0.3 is 0 Å². The summed E-state index contributed by atoms with van der Waals surface area (Å²) < 4.78 is 26.4. The van der Waals surface area contributed by atoms with Crippen LogP contribution in [-0.4, -0.2) is 32.7 Å². The van der Waals surface area contributed by atoms with Gasteiger partial charge in [-0.2, -0.15) is 0 Å². The molecule has 0 unspecified atom stereocenters. The molecule has 1 N–H and O–H groups in total. The molecule has 1 amide bonds. The summed E-state index contributed by atoms with van der Waals surface area (Å²) in [5.74, 6) is -0.158. The lowest BCUT2D eigenvalue weighted by atomic mass is 10.1. The molecule has 0 fully saturated rings. The summed E-state index contributed by atoms with van der Waals surface area (Å²) in [5.41, 5.74) is 1.53. The number of nitrogens with zero attached hydrogens (tertiary/aromatic N) is 1. The van der Waals surface area contributed by atoms with E-state index in [0.717, 1.165) is 14.3 Å². The Morgan fingerprint density at radius 2 is 1.83 bits per heavy atom. The summed E-state index contributed by atoms with van der Waals surface area (Å²) in [7, 11) is -0.577. The van der Waals surface area contributed by atoms with Crippen LogP contribution >= 0.6 is 15.9 Å². The van der Waals surface area contributed by atoms with Gasteiger partial charge in [0.1, 0.15) is 0 Å².